The van der Waals surface area contributed by atoms with Crippen LogP contribution in [0.4, 0.5) is 0 Å². The Morgan fingerprint density at radius 1 is 0.475 bits per heavy atom. The molecular formula is C55H39GeN3. The van der Waals surface area contributed by atoms with Gasteiger partial charge in [-0.1, -0.05) is 38.1 Å². The molecule has 278 valence electrons. The van der Waals surface area contributed by atoms with Gasteiger partial charge in [-0.2, -0.15) is 0 Å². The third-order valence-electron chi connectivity index (χ3n) is 13.1. The molecule has 8 aromatic carbocycles. The predicted molar refractivity (Wildman–Crippen MR) is 247 cm³/mol. The number of nitrogens with zero attached hydrogens (tertiary/aromatic N) is 3. The molecule has 0 bridgehead atoms. The molecule has 1 aliphatic heterocycles. The minimum atomic E-state index is -3.65. The van der Waals surface area contributed by atoms with Crippen LogP contribution >= 0.6 is 0 Å². The fraction of sp³-hybridized carbons (Fsp3) is 0.0545. The van der Waals surface area contributed by atoms with Crippen molar-refractivity contribution in [1.82, 2.24) is 14.5 Å². The van der Waals surface area contributed by atoms with E-state index in [1.54, 1.807) is 0 Å². The number of benzene rings is 8. The summed E-state index contributed by atoms with van der Waals surface area (Å²) < 4.78 is 7.77. The van der Waals surface area contributed by atoms with Crippen LogP contribution in [0.15, 0.2) is 200 Å². The Labute approximate surface area is 346 Å². The zero-order valence-corrected chi connectivity index (χ0v) is 35.0. The van der Waals surface area contributed by atoms with Gasteiger partial charge in [0, 0.05) is 0 Å². The Bertz CT molecular complexity index is 3240. The van der Waals surface area contributed by atoms with E-state index in [1.807, 2.05) is 0 Å². The van der Waals surface area contributed by atoms with Crippen molar-refractivity contribution in [2.24, 2.45) is 0 Å². The van der Waals surface area contributed by atoms with E-state index in [9.17, 15) is 0 Å². The van der Waals surface area contributed by atoms with Crippen molar-refractivity contribution >= 4 is 52.8 Å². The van der Waals surface area contributed by atoms with E-state index in [4.69, 9.17) is 9.97 Å². The first-order valence-electron chi connectivity index (χ1n) is 20.5. The molecule has 2 aromatic heterocycles. The van der Waals surface area contributed by atoms with Gasteiger partial charge in [0.1, 0.15) is 0 Å². The van der Waals surface area contributed by atoms with Crippen LogP contribution in [-0.2, 0) is 5.41 Å². The van der Waals surface area contributed by atoms with Gasteiger partial charge in [0.05, 0.1) is 0 Å². The summed E-state index contributed by atoms with van der Waals surface area (Å²) in [7, 11) is 0. The molecule has 59 heavy (non-hydrogen) atoms. The van der Waals surface area contributed by atoms with Crippen LogP contribution in [0.3, 0.4) is 0 Å². The molecule has 0 spiro atoms. The summed E-state index contributed by atoms with van der Waals surface area (Å²) >= 11 is -3.65. The van der Waals surface area contributed by atoms with Crippen LogP contribution in [0.1, 0.15) is 25.0 Å². The van der Waals surface area contributed by atoms with E-state index in [0.717, 1.165) is 28.3 Å². The maximum absolute atomic E-state index is 5.76. The van der Waals surface area contributed by atoms with E-state index in [0.29, 0.717) is 0 Å². The SMILES string of the molecule is CC1(C)c2ccccc2-c2ccc3c(c21)c1ccccc1n3-c1ccc(-c2nc(-c3ccccc3)c3[c](n2)[Ge]([c]2ccccc2)([c]2ccccc2)[c]2ccccc2-3)cc1. The number of para-hydroxylation sites is 1. The Morgan fingerprint density at radius 2 is 1.08 bits per heavy atom. The molecule has 12 rings (SSSR count). The summed E-state index contributed by atoms with van der Waals surface area (Å²) in [5.74, 6) is 0.753. The van der Waals surface area contributed by atoms with E-state index in [2.05, 4.69) is 219 Å². The van der Waals surface area contributed by atoms with Crippen molar-refractivity contribution in [2.75, 3.05) is 0 Å². The van der Waals surface area contributed by atoms with Crippen molar-refractivity contribution in [3.8, 4) is 50.6 Å². The molecule has 0 unspecified atom stereocenters. The molecule has 0 N–H and O–H groups in total. The quantitative estimate of drug-likeness (QED) is 0.162. The third kappa shape index (κ3) is 4.77. The normalized spacial score (nSPS) is 14.2. The first kappa shape index (κ1) is 34.2. The number of hydrogen-bond donors (Lipinski definition) is 0. The Morgan fingerprint density at radius 3 is 1.81 bits per heavy atom. The molecule has 3 heterocycles. The van der Waals surface area contributed by atoms with Crippen molar-refractivity contribution in [3.63, 3.8) is 0 Å². The number of rotatable bonds is 5. The molecule has 4 heteroatoms. The van der Waals surface area contributed by atoms with Gasteiger partial charge in [-0.3, -0.25) is 0 Å². The first-order chi connectivity index (χ1) is 29.0. The first-order valence-corrected chi connectivity index (χ1v) is 24.7. The summed E-state index contributed by atoms with van der Waals surface area (Å²) in [6.45, 7) is 4.76. The van der Waals surface area contributed by atoms with Gasteiger partial charge < -0.3 is 0 Å². The van der Waals surface area contributed by atoms with E-state index >= 15 is 0 Å². The van der Waals surface area contributed by atoms with Crippen LogP contribution < -0.4 is 17.7 Å². The molecule has 2 aliphatic rings. The number of hydrogen-bond acceptors (Lipinski definition) is 2. The molecule has 0 radical (unpaired) electrons. The predicted octanol–water partition coefficient (Wildman–Crippen LogP) is 10.6. The van der Waals surface area contributed by atoms with Gasteiger partial charge in [-0.15, -0.1) is 0 Å². The van der Waals surface area contributed by atoms with Gasteiger partial charge in [-0.05, 0) is 11.1 Å². The molecule has 3 nitrogen and oxygen atoms in total. The van der Waals surface area contributed by atoms with Crippen LogP contribution in [0.25, 0.3) is 72.4 Å². The van der Waals surface area contributed by atoms with Crippen molar-refractivity contribution in [3.05, 3.63) is 211 Å². The van der Waals surface area contributed by atoms with E-state index in [-0.39, 0.29) is 5.41 Å². The van der Waals surface area contributed by atoms with Crippen LogP contribution in [-0.4, -0.2) is 27.8 Å². The maximum atomic E-state index is 5.76. The Hall–Kier alpha value is -6.82. The summed E-state index contributed by atoms with van der Waals surface area (Å²) in [5, 5.41) is 2.62. The van der Waals surface area contributed by atoms with E-state index in [1.165, 1.54) is 72.9 Å². The molecule has 0 saturated carbocycles. The average molecular weight is 815 g/mol. The second-order valence-corrected chi connectivity index (χ2v) is 24.2. The molecule has 0 fully saturated rings. The second kappa shape index (κ2) is 12.8. The number of aromatic nitrogens is 3. The molecule has 1 aliphatic carbocycles. The summed E-state index contributed by atoms with van der Waals surface area (Å²) in [6, 6.07) is 73.5. The monoisotopic (exact) mass is 815 g/mol. The summed E-state index contributed by atoms with van der Waals surface area (Å²) in [5.41, 5.74) is 14.4. The minimum absolute atomic E-state index is 0.121. The fourth-order valence-electron chi connectivity index (χ4n) is 10.6. The summed E-state index contributed by atoms with van der Waals surface area (Å²) in [6.07, 6.45) is 0. The zero-order valence-electron chi connectivity index (χ0n) is 32.9. The van der Waals surface area contributed by atoms with Gasteiger partial charge in [0.2, 0.25) is 0 Å². The van der Waals surface area contributed by atoms with Gasteiger partial charge in [0.25, 0.3) is 0 Å². The Balaban J connectivity index is 1.08. The van der Waals surface area contributed by atoms with Crippen LogP contribution in [0, 0.1) is 0 Å². The Kier molecular flexibility index (Phi) is 7.45. The number of fused-ring (bicyclic) bond motifs is 10. The molecule has 0 amide bonds. The van der Waals surface area contributed by atoms with Gasteiger partial charge >= 0.3 is 299 Å². The molecular weight excluding hydrogens is 775 g/mol. The third-order valence-corrected chi connectivity index (χ3v) is 23.0. The molecule has 0 atom stereocenters. The topological polar surface area (TPSA) is 30.7 Å². The summed E-state index contributed by atoms with van der Waals surface area (Å²) in [4.78, 5) is 11.3. The van der Waals surface area contributed by atoms with Crippen molar-refractivity contribution < 1.29 is 0 Å². The van der Waals surface area contributed by atoms with E-state index < -0.39 is 13.3 Å². The van der Waals surface area contributed by atoms with Crippen molar-refractivity contribution in [1.29, 1.82) is 0 Å². The van der Waals surface area contributed by atoms with Gasteiger partial charge in [0.15, 0.2) is 0 Å². The molecule has 10 aromatic rings. The average Bonchev–Trinajstić information content (AvgIpc) is 3.88. The fourth-order valence-corrected chi connectivity index (χ4v) is 21.1. The second-order valence-electron chi connectivity index (χ2n) is 16.5. The van der Waals surface area contributed by atoms with Gasteiger partial charge in [-0.25, -0.2) is 0 Å². The van der Waals surface area contributed by atoms with Crippen LogP contribution in [0.5, 0.6) is 0 Å². The van der Waals surface area contributed by atoms with Crippen molar-refractivity contribution in [2.45, 2.75) is 19.3 Å². The molecule has 0 saturated heterocycles. The standard InChI is InChI=1S/C55H39GeN3/c1-55(2)45-27-15-12-24-41(45)42-34-35-48-49(51(42)55)44-26-14-17-29-47(44)59(48)40-32-30-37(31-33-40)54-57-52(36-18-6-3-7-19-36)50-43-25-13-16-28-46(43)56(53(50)58-54,38-20-8-4-9-21-38)39-22-10-5-11-23-39/h3-35H,1-2H3. The van der Waals surface area contributed by atoms with Crippen LogP contribution in [0.2, 0.25) is 0 Å². The zero-order chi connectivity index (χ0) is 39.3.